The number of ketones is 1. The van der Waals surface area contributed by atoms with Gasteiger partial charge in [0, 0.05) is 31.4 Å². The van der Waals surface area contributed by atoms with Gasteiger partial charge in [-0.05, 0) is 5.56 Å². The molecule has 1 atom stereocenters. The number of hydrogen-bond donors (Lipinski definition) is 1. The first-order valence-corrected chi connectivity index (χ1v) is 8.57. The predicted molar refractivity (Wildman–Crippen MR) is 89.7 cm³/mol. The molecule has 0 aliphatic carbocycles. The van der Waals surface area contributed by atoms with Crippen molar-refractivity contribution < 1.29 is 14.4 Å². The summed E-state index contributed by atoms with van der Waals surface area (Å²) in [6, 6.07) is 9.05. The summed E-state index contributed by atoms with van der Waals surface area (Å²) in [6.07, 6.45) is 1.71. The van der Waals surface area contributed by atoms with Gasteiger partial charge < -0.3 is 5.32 Å². The van der Waals surface area contributed by atoms with E-state index >= 15 is 0 Å². The third-order valence-corrected chi connectivity index (χ3v) is 4.22. The van der Waals surface area contributed by atoms with Crippen LogP contribution in [0, 0.1) is 0 Å². The number of carbonyl (C=O) groups excluding carboxylic acids is 3. The maximum absolute atomic E-state index is 12.3. The maximum Gasteiger partial charge on any atom is 0.220 e. The molecule has 0 saturated carbocycles. The molecule has 0 aromatic heterocycles. The molecular formula is C17H23NO3S. The van der Waals surface area contributed by atoms with Gasteiger partial charge in [-0.25, -0.2) is 0 Å². The van der Waals surface area contributed by atoms with Gasteiger partial charge in [0.25, 0.3) is 0 Å². The highest BCUT2D eigenvalue weighted by molar-refractivity contribution is 8.13. The number of Topliss-reactive ketones (excluding diaryl/α,β-unsaturated/α-hetero) is 1. The lowest BCUT2D eigenvalue weighted by atomic mass is 10.1. The molecule has 0 aliphatic rings. The van der Waals surface area contributed by atoms with Crippen molar-refractivity contribution in [1.82, 2.24) is 5.32 Å². The first-order valence-electron chi connectivity index (χ1n) is 7.58. The van der Waals surface area contributed by atoms with E-state index in [0.29, 0.717) is 31.4 Å². The summed E-state index contributed by atoms with van der Waals surface area (Å²) in [6.45, 7) is 3.57. The number of nitrogens with one attached hydrogen (secondary N) is 1. The smallest absolute Gasteiger partial charge is 0.220 e. The lowest BCUT2D eigenvalue weighted by molar-refractivity contribution is -0.124. The average Bonchev–Trinajstić information content (AvgIpc) is 2.54. The topological polar surface area (TPSA) is 63.2 Å². The second-order valence-electron chi connectivity index (χ2n) is 4.97. The normalized spacial score (nSPS) is 11.7. The maximum atomic E-state index is 12.3. The summed E-state index contributed by atoms with van der Waals surface area (Å²) in [5, 5.41) is 2.68. The molecular weight excluding hydrogens is 298 g/mol. The van der Waals surface area contributed by atoms with Crippen LogP contribution in [0.2, 0.25) is 0 Å². The van der Waals surface area contributed by atoms with E-state index in [9.17, 15) is 14.4 Å². The molecule has 1 rings (SSSR count). The molecule has 0 unspecified atom stereocenters. The zero-order valence-electron chi connectivity index (χ0n) is 13.1. The minimum Gasteiger partial charge on any atom is -0.345 e. The van der Waals surface area contributed by atoms with Gasteiger partial charge in [0.05, 0.1) is 0 Å². The van der Waals surface area contributed by atoms with E-state index in [-0.39, 0.29) is 16.8 Å². The lowest BCUT2D eigenvalue weighted by Crippen LogP contribution is -2.41. The van der Waals surface area contributed by atoms with E-state index in [2.05, 4.69) is 5.32 Å². The summed E-state index contributed by atoms with van der Waals surface area (Å²) < 4.78 is 0. The third kappa shape index (κ3) is 6.89. The van der Waals surface area contributed by atoms with Crippen molar-refractivity contribution in [1.29, 1.82) is 0 Å². The highest BCUT2D eigenvalue weighted by Gasteiger charge is 2.21. The van der Waals surface area contributed by atoms with Gasteiger partial charge >= 0.3 is 0 Å². The Bertz CT molecular complexity index is 502. The van der Waals surface area contributed by atoms with Gasteiger partial charge in [0.2, 0.25) is 11.0 Å². The van der Waals surface area contributed by atoms with Crippen LogP contribution >= 0.6 is 11.8 Å². The number of thioether (sulfide) groups is 1. The summed E-state index contributed by atoms with van der Waals surface area (Å²) >= 11 is 1.13. The Labute approximate surface area is 136 Å². The van der Waals surface area contributed by atoms with E-state index in [1.165, 1.54) is 0 Å². The quantitative estimate of drug-likeness (QED) is 0.759. The van der Waals surface area contributed by atoms with Crippen LogP contribution in [0.15, 0.2) is 30.3 Å². The van der Waals surface area contributed by atoms with Crippen LogP contribution in [0.4, 0.5) is 0 Å². The third-order valence-electron chi connectivity index (χ3n) is 3.24. The van der Waals surface area contributed by atoms with E-state index < -0.39 is 6.04 Å². The van der Waals surface area contributed by atoms with Crippen molar-refractivity contribution in [2.24, 2.45) is 0 Å². The summed E-state index contributed by atoms with van der Waals surface area (Å²) in [7, 11) is 0. The minimum absolute atomic E-state index is 0.0884. The second kappa shape index (κ2) is 10.2. The number of benzene rings is 1. The second-order valence-corrected chi connectivity index (χ2v) is 6.07. The minimum atomic E-state index is -0.545. The number of carbonyl (C=O) groups is 3. The molecule has 22 heavy (non-hydrogen) atoms. The summed E-state index contributed by atoms with van der Waals surface area (Å²) in [5.41, 5.74) is 1.00. The SMILES string of the molecule is CCC(=O)CCSC(=O)[C@H](Cc1ccccc1)NC(=O)CC. The van der Waals surface area contributed by atoms with E-state index in [0.717, 1.165) is 17.3 Å². The zero-order chi connectivity index (χ0) is 16.4. The molecule has 1 aromatic carbocycles. The first-order chi connectivity index (χ1) is 10.6. The molecule has 1 N–H and O–H groups in total. The van der Waals surface area contributed by atoms with Crippen LogP contribution in [0.25, 0.3) is 0 Å². The molecule has 0 spiro atoms. The van der Waals surface area contributed by atoms with Crippen LogP contribution in [-0.2, 0) is 20.8 Å². The van der Waals surface area contributed by atoms with Gasteiger partial charge in [-0.15, -0.1) is 0 Å². The highest BCUT2D eigenvalue weighted by atomic mass is 32.2. The monoisotopic (exact) mass is 321 g/mol. The molecule has 1 aromatic rings. The zero-order valence-corrected chi connectivity index (χ0v) is 13.9. The fraction of sp³-hybridized carbons (Fsp3) is 0.471. The van der Waals surface area contributed by atoms with Crippen molar-refractivity contribution in [3.8, 4) is 0 Å². The van der Waals surface area contributed by atoms with Crippen molar-refractivity contribution in [3.05, 3.63) is 35.9 Å². The Morgan fingerprint density at radius 1 is 1.09 bits per heavy atom. The van der Waals surface area contributed by atoms with Gasteiger partial charge in [-0.1, -0.05) is 55.9 Å². The average molecular weight is 321 g/mol. The van der Waals surface area contributed by atoms with Crippen LogP contribution in [-0.4, -0.2) is 28.6 Å². The fourth-order valence-corrected chi connectivity index (χ4v) is 2.76. The Morgan fingerprint density at radius 2 is 1.77 bits per heavy atom. The predicted octanol–water partition coefficient (Wildman–Crippen LogP) is 2.75. The van der Waals surface area contributed by atoms with Gasteiger partial charge in [0.15, 0.2) is 0 Å². The molecule has 0 radical (unpaired) electrons. The van der Waals surface area contributed by atoms with Gasteiger partial charge in [-0.3, -0.25) is 14.4 Å². The molecule has 120 valence electrons. The summed E-state index contributed by atoms with van der Waals surface area (Å²) in [5.74, 6) is 0.482. The van der Waals surface area contributed by atoms with Crippen LogP contribution in [0.3, 0.4) is 0 Å². The van der Waals surface area contributed by atoms with Crippen LogP contribution in [0.1, 0.15) is 38.7 Å². The number of amides is 1. The van der Waals surface area contributed by atoms with Crippen molar-refractivity contribution >= 4 is 28.6 Å². The standard InChI is InChI=1S/C17H23NO3S/c1-3-14(19)10-11-22-17(21)15(18-16(20)4-2)12-13-8-6-5-7-9-13/h5-9,15H,3-4,10-12H2,1-2H3,(H,18,20)/t15-/m0/s1. The number of rotatable bonds is 9. The van der Waals surface area contributed by atoms with E-state index in [4.69, 9.17) is 0 Å². The van der Waals surface area contributed by atoms with Crippen molar-refractivity contribution in [2.45, 2.75) is 45.6 Å². The molecule has 0 aliphatic heterocycles. The Hall–Kier alpha value is -1.62. The molecule has 0 bridgehead atoms. The molecule has 0 saturated heterocycles. The van der Waals surface area contributed by atoms with Gasteiger partial charge in [0.1, 0.15) is 11.8 Å². The Kier molecular flexibility index (Phi) is 8.51. The summed E-state index contributed by atoms with van der Waals surface area (Å²) in [4.78, 5) is 35.2. The number of hydrogen-bond acceptors (Lipinski definition) is 4. The van der Waals surface area contributed by atoms with Crippen LogP contribution in [0.5, 0.6) is 0 Å². The molecule has 1 amide bonds. The molecule has 4 nitrogen and oxygen atoms in total. The van der Waals surface area contributed by atoms with Gasteiger partial charge in [-0.2, -0.15) is 0 Å². The van der Waals surface area contributed by atoms with Crippen molar-refractivity contribution in [3.63, 3.8) is 0 Å². The van der Waals surface area contributed by atoms with Crippen LogP contribution < -0.4 is 5.32 Å². The molecule has 0 heterocycles. The highest BCUT2D eigenvalue weighted by Crippen LogP contribution is 2.13. The molecule has 0 fully saturated rings. The largest absolute Gasteiger partial charge is 0.345 e. The van der Waals surface area contributed by atoms with Crippen molar-refractivity contribution in [2.75, 3.05) is 5.75 Å². The first kappa shape index (κ1) is 18.4. The Morgan fingerprint density at radius 3 is 2.36 bits per heavy atom. The lowest BCUT2D eigenvalue weighted by Gasteiger charge is -2.17. The van der Waals surface area contributed by atoms with E-state index in [1.807, 2.05) is 37.3 Å². The molecule has 5 heteroatoms. The fourth-order valence-electron chi connectivity index (χ4n) is 1.88. The van der Waals surface area contributed by atoms with E-state index in [1.54, 1.807) is 6.92 Å². The Balaban J connectivity index is 2.62.